The first-order chi connectivity index (χ1) is 19.2. The first-order valence-corrected chi connectivity index (χ1v) is 12.0. The maximum Gasteiger partial charge on any atom is 0.339 e. The number of rotatable bonds is 8. The third-order valence-corrected chi connectivity index (χ3v) is 6.54. The Balaban J connectivity index is 1.89. The van der Waals surface area contributed by atoms with Crippen molar-refractivity contribution in [3.63, 3.8) is 0 Å². The van der Waals surface area contributed by atoms with Gasteiger partial charge in [-0.05, 0) is 11.6 Å². The predicted octanol–water partition coefficient (Wildman–Crippen LogP) is 1.38. The molecule has 0 saturated heterocycles. The Labute approximate surface area is 228 Å². The highest BCUT2D eigenvalue weighted by Gasteiger charge is 2.64. The van der Waals surface area contributed by atoms with Crippen LogP contribution in [-0.4, -0.2) is 57.7 Å². The number of esters is 5. The summed E-state index contributed by atoms with van der Waals surface area (Å²) in [5.41, 5.74) is 4.33. The number of hydrogen-bond donors (Lipinski definition) is 1. The fourth-order valence-corrected chi connectivity index (χ4v) is 4.78. The van der Waals surface area contributed by atoms with Crippen LogP contribution >= 0.6 is 0 Å². The number of ether oxygens (including phenoxy) is 5. The van der Waals surface area contributed by atoms with Crippen LogP contribution in [0.5, 0.6) is 0 Å². The van der Waals surface area contributed by atoms with Gasteiger partial charge in [0.2, 0.25) is 0 Å². The molecular formula is C28H26N2O10. The number of methoxy groups -OCH3 is 3. The minimum Gasteiger partial charge on any atom is -0.469 e. The topological polar surface area (TPSA) is 161 Å². The molecule has 2 heterocycles. The summed E-state index contributed by atoms with van der Waals surface area (Å²) in [6.45, 7) is -0.460. The lowest BCUT2D eigenvalue weighted by atomic mass is 9.66. The number of cyclic esters (lactones) is 1. The smallest absolute Gasteiger partial charge is 0.339 e. The predicted molar refractivity (Wildman–Crippen MR) is 137 cm³/mol. The molecule has 0 unspecified atom stereocenters. The minimum atomic E-state index is -2.27. The Hall–Kier alpha value is -5.13. The van der Waals surface area contributed by atoms with E-state index in [1.807, 2.05) is 6.07 Å². The summed E-state index contributed by atoms with van der Waals surface area (Å²) in [6.07, 6.45) is -0.611. The highest BCUT2D eigenvalue weighted by atomic mass is 16.6. The molecule has 0 radical (unpaired) electrons. The molecule has 2 aromatic carbocycles. The molecule has 2 N–H and O–H groups in total. The van der Waals surface area contributed by atoms with Crippen LogP contribution in [0.3, 0.4) is 0 Å². The lowest BCUT2D eigenvalue weighted by Gasteiger charge is -2.40. The quantitative estimate of drug-likeness (QED) is 0.372. The molecule has 0 aromatic heterocycles. The molecule has 0 saturated carbocycles. The van der Waals surface area contributed by atoms with E-state index in [9.17, 15) is 24.0 Å². The number of hydrogen-bond acceptors (Lipinski definition) is 12. The van der Waals surface area contributed by atoms with Crippen molar-refractivity contribution in [3.8, 4) is 0 Å². The Morgan fingerprint density at radius 1 is 0.850 bits per heavy atom. The summed E-state index contributed by atoms with van der Waals surface area (Å²) >= 11 is 0. The molecule has 1 spiro atoms. The van der Waals surface area contributed by atoms with Gasteiger partial charge in [0.25, 0.3) is 0 Å². The van der Waals surface area contributed by atoms with Crippen molar-refractivity contribution >= 4 is 35.5 Å². The van der Waals surface area contributed by atoms with Crippen molar-refractivity contribution in [1.82, 2.24) is 0 Å². The molecule has 0 fully saturated rings. The highest BCUT2D eigenvalue weighted by Crippen LogP contribution is 2.54. The van der Waals surface area contributed by atoms with E-state index in [0.717, 1.165) is 26.9 Å². The van der Waals surface area contributed by atoms with Crippen LogP contribution in [0.2, 0.25) is 0 Å². The van der Waals surface area contributed by atoms with E-state index < -0.39 is 59.4 Å². The van der Waals surface area contributed by atoms with Crippen LogP contribution in [-0.2, 0) is 59.7 Å². The van der Waals surface area contributed by atoms with E-state index in [2.05, 4.69) is 4.74 Å². The van der Waals surface area contributed by atoms with Crippen LogP contribution in [0.15, 0.2) is 77.3 Å². The summed E-state index contributed by atoms with van der Waals surface area (Å²) in [4.78, 5) is 66.6. The van der Waals surface area contributed by atoms with Crippen molar-refractivity contribution in [3.05, 3.63) is 88.5 Å². The molecule has 2 aromatic rings. The molecule has 4 rings (SSSR count). The molecule has 2 aliphatic heterocycles. The average molecular weight is 551 g/mol. The van der Waals surface area contributed by atoms with Gasteiger partial charge in [-0.25, -0.2) is 14.4 Å². The summed E-state index contributed by atoms with van der Waals surface area (Å²) in [6, 6.07) is 15.2. The first kappa shape index (κ1) is 27.9. The molecule has 40 heavy (non-hydrogen) atoms. The average Bonchev–Trinajstić information content (AvgIpc) is 3.25. The molecule has 0 bridgehead atoms. The van der Waals surface area contributed by atoms with Crippen molar-refractivity contribution in [2.75, 3.05) is 32.8 Å². The van der Waals surface area contributed by atoms with Crippen LogP contribution in [0.1, 0.15) is 17.5 Å². The number of para-hydroxylation sites is 1. The number of nitrogens with two attached hydrogens (primary N) is 1. The van der Waals surface area contributed by atoms with E-state index in [1.54, 1.807) is 42.5 Å². The molecular weight excluding hydrogens is 524 g/mol. The standard InChI is InChI=1S/C28H26N2O10/c1-36-20(31)13-19-22(25(33)37-2)28(27(35)40-19)17-11-7-8-12-18(17)30(24(29)23(28)26(34)38-3)14-21(32)39-15-16-9-5-4-6-10-16/h4-12H,13-15,29H2,1-3H3/t28-/m0/s1. The van der Waals surface area contributed by atoms with Gasteiger partial charge in [-0.1, -0.05) is 48.5 Å². The largest absolute Gasteiger partial charge is 0.469 e. The second-order valence-corrected chi connectivity index (χ2v) is 8.68. The Bertz CT molecular complexity index is 1450. The minimum absolute atomic E-state index is 0.00891. The zero-order valence-corrected chi connectivity index (χ0v) is 21.9. The number of carbonyl (C=O) groups is 5. The van der Waals surface area contributed by atoms with Gasteiger partial charge in [0.05, 0.1) is 21.3 Å². The number of nitrogens with zero attached hydrogens (tertiary/aromatic N) is 1. The summed E-state index contributed by atoms with van der Waals surface area (Å²) in [5.74, 6) is -5.45. The first-order valence-electron chi connectivity index (χ1n) is 12.0. The molecule has 0 amide bonds. The van der Waals surface area contributed by atoms with Crippen molar-refractivity contribution in [1.29, 1.82) is 0 Å². The summed E-state index contributed by atoms with van der Waals surface area (Å²) < 4.78 is 25.4. The van der Waals surface area contributed by atoms with Crippen molar-refractivity contribution in [2.45, 2.75) is 18.4 Å². The summed E-state index contributed by atoms with van der Waals surface area (Å²) in [5, 5.41) is 0. The lowest BCUT2D eigenvalue weighted by Crippen LogP contribution is -2.51. The Morgan fingerprint density at radius 3 is 2.12 bits per heavy atom. The molecule has 0 aliphatic carbocycles. The van der Waals surface area contributed by atoms with E-state index in [4.69, 9.17) is 24.7 Å². The van der Waals surface area contributed by atoms with Gasteiger partial charge in [-0.2, -0.15) is 0 Å². The van der Waals surface area contributed by atoms with E-state index in [-0.39, 0.29) is 29.4 Å². The van der Waals surface area contributed by atoms with Crippen LogP contribution in [0.25, 0.3) is 0 Å². The van der Waals surface area contributed by atoms with Crippen LogP contribution in [0.4, 0.5) is 5.69 Å². The van der Waals surface area contributed by atoms with E-state index in [0.29, 0.717) is 0 Å². The summed E-state index contributed by atoms with van der Waals surface area (Å²) in [7, 11) is 3.25. The molecule has 1 atom stereocenters. The zero-order chi connectivity index (χ0) is 29.0. The molecule has 12 heteroatoms. The van der Waals surface area contributed by atoms with Crippen molar-refractivity contribution < 1.29 is 47.7 Å². The number of carbonyl (C=O) groups excluding carboxylic acids is 5. The Morgan fingerprint density at radius 2 is 1.48 bits per heavy atom. The number of anilines is 1. The molecule has 2 aliphatic rings. The van der Waals surface area contributed by atoms with Gasteiger partial charge in [0, 0.05) is 11.3 Å². The van der Waals surface area contributed by atoms with Gasteiger partial charge >= 0.3 is 29.8 Å². The van der Waals surface area contributed by atoms with Gasteiger partial charge in [0.15, 0.2) is 5.41 Å². The van der Waals surface area contributed by atoms with Gasteiger partial charge < -0.3 is 34.3 Å². The normalized spacial score (nSPS) is 17.8. The molecule has 208 valence electrons. The number of fused-ring (bicyclic) bond motifs is 2. The van der Waals surface area contributed by atoms with Gasteiger partial charge in [-0.3, -0.25) is 9.59 Å². The third-order valence-electron chi connectivity index (χ3n) is 6.54. The number of benzene rings is 2. The van der Waals surface area contributed by atoms with Crippen LogP contribution in [0, 0.1) is 0 Å². The van der Waals surface area contributed by atoms with E-state index in [1.165, 1.54) is 11.0 Å². The molecule has 12 nitrogen and oxygen atoms in total. The fraction of sp³-hybridized carbons (Fsp3) is 0.250. The second kappa shape index (κ2) is 11.3. The van der Waals surface area contributed by atoms with Crippen LogP contribution < -0.4 is 10.6 Å². The maximum absolute atomic E-state index is 13.8. The Kier molecular flexibility index (Phi) is 7.89. The fourth-order valence-electron chi connectivity index (χ4n) is 4.78. The van der Waals surface area contributed by atoms with Gasteiger partial charge in [0.1, 0.15) is 42.3 Å². The van der Waals surface area contributed by atoms with Crippen molar-refractivity contribution in [2.24, 2.45) is 5.73 Å². The highest BCUT2D eigenvalue weighted by molar-refractivity contribution is 6.16. The van der Waals surface area contributed by atoms with E-state index >= 15 is 0 Å². The lowest BCUT2D eigenvalue weighted by molar-refractivity contribution is -0.147. The monoisotopic (exact) mass is 550 g/mol. The zero-order valence-electron chi connectivity index (χ0n) is 21.9. The maximum atomic E-state index is 13.8. The van der Waals surface area contributed by atoms with Gasteiger partial charge in [-0.15, -0.1) is 0 Å². The third kappa shape index (κ3) is 4.64. The SMILES string of the molecule is COC(=O)CC1=C(C(=O)OC)[C@]2(C(=O)O1)C(C(=O)OC)=C(N)N(CC(=O)OCc1ccccc1)c1ccccc12. The second-order valence-electron chi connectivity index (χ2n) is 8.68.